The van der Waals surface area contributed by atoms with Gasteiger partial charge in [-0.25, -0.2) is 4.68 Å². The summed E-state index contributed by atoms with van der Waals surface area (Å²) >= 11 is 0. The van der Waals surface area contributed by atoms with Gasteiger partial charge >= 0.3 is 0 Å². The highest BCUT2D eigenvalue weighted by Gasteiger charge is 2.32. The molecular weight excluding hydrogens is 288 g/mol. The molecule has 0 bridgehead atoms. The van der Waals surface area contributed by atoms with Crippen molar-refractivity contribution in [2.45, 2.75) is 32.7 Å². The second-order valence-electron chi connectivity index (χ2n) is 6.39. The number of benzene rings is 1. The van der Waals surface area contributed by atoms with E-state index in [1.807, 2.05) is 42.3 Å². The van der Waals surface area contributed by atoms with Crippen molar-refractivity contribution in [3.63, 3.8) is 0 Å². The molecule has 2 atom stereocenters. The van der Waals surface area contributed by atoms with Crippen molar-refractivity contribution in [2.24, 2.45) is 11.7 Å². The van der Waals surface area contributed by atoms with Gasteiger partial charge in [-0.05, 0) is 43.9 Å². The predicted molar refractivity (Wildman–Crippen MR) is 90.6 cm³/mol. The van der Waals surface area contributed by atoms with Crippen molar-refractivity contribution in [3.05, 3.63) is 47.8 Å². The van der Waals surface area contributed by atoms with Crippen LogP contribution in [0.2, 0.25) is 0 Å². The summed E-state index contributed by atoms with van der Waals surface area (Å²) in [4.78, 5) is 15.2. The lowest BCUT2D eigenvalue weighted by Crippen LogP contribution is -2.51. The number of aromatic nitrogens is 2. The Balaban J connectivity index is 2.00. The third kappa shape index (κ3) is 3.01. The lowest BCUT2D eigenvalue weighted by molar-refractivity contribution is 0.0532. The summed E-state index contributed by atoms with van der Waals surface area (Å²) in [6, 6.07) is 7.89. The van der Waals surface area contributed by atoms with Gasteiger partial charge in [0.15, 0.2) is 0 Å². The fourth-order valence-corrected chi connectivity index (χ4v) is 3.45. The first kappa shape index (κ1) is 15.7. The van der Waals surface area contributed by atoms with Gasteiger partial charge in [0.2, 0.25) is 0 Å². The second-order valence-corrected chi connectivity index (χ2v) is 6.39. The maximum absolute atomic E-state index is 13.2. The van der Waals surface area contributed by atoms with Gasteiger partial charge in [0.1, 0.15) is 0 Å². The fourth-order valence-electron chi connectivity index (χ4n) is 3.45. The summed E-state index contributed by atoms with van der Waals surface area (Å²) in [5.41, 5.74) is 8.53. The minimum Gasteiger partial charge on any atom is -0.334 e. The Morgan fingerprint density at radius 3 is 2.96 bits per heavy atom. The molecule has 5 nitrogen and oxygen atoms in total. The molecule has 0 unspecified atom stereocenters. The number of carbonyl (C=O) groups excluding carboxylic acids is 1. The molecule has 1 saturated heterocycles. The first-order chi connectivity index (χ1) is 11.1. The molecule has 3 rings (SSSR count). The first-order valence-corrected chi connectivity index (χ1v) is 8.23. The molecule has 0 radical (unpaired) electrons. The van der Waals surface area contributed by atoms with Crippen LogP contribution in [0.3, 0.4) is 0 Å². The summed E-state index contributed by atoms with van der Waals surface area (Å²) in [5, 5.41) is 4.28. The molecule has 2 heterocycles. The number of amides is 1. The zero-order valence-corrected chi connectivity index (χ0v) is 13.8. The Morgan fingerprint density at radius 2 is 2.26 bits per heavy atom. The SMILES string of the molecule is Cc1ccc(-n2cccn2)c(C(=O)N2CCC[C@@H](C)[C@H]2CN)c1. The molecule has 23 heavy (non-hydrogen) atoms. The van der Waals surface area contributed by atoms with Crippen molar-refractivity contribution in [3.8, 4) is 5.69 Å². The molecule has 1 aromatic carbocycles. The van der Waals surface area contributed by atoms with E-state index in [0.717, 1.165) is 30.6 Å². The van der Waals surface area contributed by atoms with Crippen molar-refractivity contribution in [1.29, 1.82) is 0 Å². The van der Waals surface area contributed by atoms with Gasteiger partial charge in [-0.3, -0.25) is 4.79 Å². The Bertz CT molecular complexity index is 680. The molecular formula is C18H24N4O. The maximum Gasteiger partial charge on any atom is 0.256 e. The summed E-state index contributed by atoms with van der Waals surface area (Å²) in [6.45, 7) is 5.47. The maximum atomic E-state index is 13.2. The lowest BCUT2D eigenvalue weighted by atomic mass is 9.90. The lowest BCUT2D eigenvalue weighted by Gasteiger charge is -2.39. The molecule has 122 valence electrons. The van der Waals surface area contributed by atoms with Crippen LogP contribution in [0.15, 0.2) is 36.7 Å². The monoisotopic (exact) mass is 312 g/mol. The third-order valence-electron chi connectivity index (χ3n) is 4.75. The van der Waals surface area contributed by atoms with Crippen LogP contribution in [0.4, 0.5) is 0 Å². The summed E-state index contributed by atoms with van der Waals surface area (Å²) in [7, 11) is 0. The average molecular weight is 312 g/mol. The van der Waals surface area contributed by atoms with Gasteiger partial charge in [0, 0.05) is 31.5 Å². The zero-order chi connectivity index (χ0) is 16.4. The number of likely N-dealkylation sites (tertiary alicyclic amines) is 1. The van der Waals surface area contributed by atoms with Crippen LogP contribution in [0.25, 0.3) is 5.69 Å². The van der Waals surface area contributed by atoms with Crippen molar-refractivity contribution in [1.82, 2.24) is 14.7 Å². The molecule has 1 amide bonds. The van der Waals surface area contributed by atoms with E-state index >= 15 is 0 Å². The Morgan fingerprint density at radius 1 is 1.43 bits per heavy atom. The van der Waals surface area contributed by atoms with Crippen LogP contribution in [-0.2, 0) is 0 Å². The smallest absolute Gasteiger partial charge is 0.256 e. The molecule has 5 heteroatoms. The molecule has 1 fully saturated rings. The topological polar surface area (TPSA) is 64.2 Å². The fraction of sp³-hybridized carbons (Fsp3) is 0.444. The summed E-state index contributed by atoms with van der Waals surface area (Å²) in [5.74, 6) is 0.497. The van der Waals surface area contributed by atoms with Crippen LogP contribution >= 0.6 is 0 Å². The van der Waals surface area contributed by atoms with E-state index in [9.17, 15) is 4.79 Å². The number of rotatable bonds is 3. The number of nitrogens with zero attached hydrogens (tertiary/aromatic N) is 3. The van der Waals surface area contributed by atoms with Crippen molar-refractivity contribution >= 4 is 5.91 Å². The number of nitrogens with two attached hydrogens (primary N) is 1. The summed E-state index contributed by atoms with van der Waals surface area (Å²) < 4.78 is 1.75. The molecule has 1 aliphatic rings. The molecule has 2 aromatic rings. The van der Waals surface area contributed by atoms with E-state index in [0.29, 0.717) is 18.0 Å². The normalized spacial score (nSPS) is 21.4. The molecule has 1 aliphatic heterocycles. The quantitative estimate of drug-likeness (QED) is 0.946. The number of hydrogen-bond acceptors (Lipinski definition) is 3. The van der Waals surface area contributed by atoms with Crippen LogP contribution in [0, 0.1) is 12.8 Å². The van der Waals surface area contributed by atoms with Gasteiger partial charge in [0.05, 0.1) is 11.3 Å². The number of piperidine rings is 1. The predicted octanol–water partition coefficient (Wildman–Crippen LogP) is 2.38. The molecule has 0 aliphatic carbocycles. The van der Waals surface area contributed by atoms with Gasteiger partial charge in [-0.1, -0.05) is 18.6 Å². The van der Waals surface area contributed by atoms with Crippen LogP contribution in [0.1, 0.15) is 35.7 Å². The van der Waals surface area contributed by atoms with E-state index in [-0.39, 0.29) is 11.9 Å². The van der Waals surface area contributed by atoms with Gasteiger partial charge in [-0.15, -0.1) is 0 Å². The third-order valence-corrected chi connectivity index (χ3v) is 4.75. The van der Waals surface area contributed by atoms with Crippen molar-refractivity contribution < 1.29 is 4.79 Å². The van der Waals surface area contributed by atoms with E-state index in [1.54, 1.807) is 10.9 Å². The highest BCUT2D eigenvalue weighted by Crippen LogP contribution is 2.26. The largest absolute Gasteiger partial charge is 0.334 e. The van der Waals surface area contributed by atoms with Gasteiger partial charge in [-0.2, -0.15) is 5.10 Å². The minimum absolute atomic E-state index is 0.0567. The highest BCUT2D eigenvalue weighted by atomic mass is 16.2. The minimum atomic E-state index is 0.0567. The number of hydrogen-bond donors (Lipinski definition) is 1. The number of carbonyl (C=O) groups is 1. The van der Waals surface area contributed by atoms with E-state index < -0.39 is 0 Å². The number of aryl methyl sites for hydroxylation is 1. The molecule has 2 N–H and O–H groups in total. The van der Waals surface area contributed by atoms with E-state index in [1.165, 1.54) is 0 Å². The first-order valence-electron chi connectivity index (χ1n) is 8.23. The average Bonchev–Trinajstić information content (AvgIpc) is 3.08. The van der Waals surface area contributed by atoms with Crippen LogP contribution in [0.5, 0.6) is 0 Å². The van der Waals surface area contributed by atoms with Gasteiger partial charge in [0.25, 0.3) is 5.91 Å². The Labute approximate surface area is 137 Å². The molecule has 0 spiro atoms. The molecule has 1 aromatic heterocycles. The van der Waals surface area contributed by atoms with Crippen LogP contribution in [-0.4, -0.2) is 39.7 Å². The Hall–Kier alpha value is -2.14. The molecule has 0 saturated carbocycles. The van der Waals surface area contributed by atoms with Gasteiger partial charge < -0.3 is 10.6 Å². The second kappa shape index (κ2) is 6.54. The van der Waals surface area contributed by atoms with E-state index in [2.05, 4.69) is 12.0 Å². The zero-order valence-electron chi connectivity index (χ0n) is 13.8. The van der Waals surface area contributed by atoms with E-state index in [4.69, 9.17) is 5.73 Å². The van der Waals surface area contributed by atoms with Crippen LogP contribution < -0.4 is 5.73 Å². The summed E-state index contributed by atoms with van der Waals surface area (Å²) in [6.07, 6.45) is 5.75. The standard InChI is InChI=1S/C18H24N4O/c1-13-6-7-16(22-10-4-8-20-22)15(11-13)18(23)21-9-3-5-14(2)17(21)12-19/h4,6-8,10-11,14,17H,3,5,9,12,19H2,1-2H3/t14-,17-/m1/s1. The Kier molecular flexibility index (Phi) is 4.48. The highest BCUT2D eigenvalue weighted by molar-refractivity contribution is 5.98. The van der Waals surface area contributed by atoms with Crippen molar-refractivity contribution in [2.75, 3.05) is 13.1 Å².